The van der Waals surface area contributed by atoms with Gasteiger partial charge in [0.15, 0.2) is 12.4 Å². The molecular formula is C39H57F3N6O5. The SMILES string of the molecule is CC(C)(C)OC(=O)N1CCCCCCCCNc2nc(nc(OCC(F)(F)F)n2)Cc2ccc(C(=O)CCC3(CN4CCCC4)CC3)c(c2)OCCC1. The van der Waals surface area contributed by atoms with Crippen molar-refractivity contribution >= 4 is 17.8 Å². The van der Waals surface area contributed by atoms with Gasteiger partial charge in [0.1, 0.15) is 17.2 Å². The van der Waals surface area contributed by atoms with Crippen molar-refractivity contribution in [3.63, 3.8) is 0 Å². The number of carbonyl (C=O) groups is 2. The summed E-state index contributed by atoms with van der Waals surface area (Å²) in [6.45, 7) is 9.18. The largest absolute Gasteiger partial charge is 0.493 e. The first-order chi connectivity index (χ1) is 25.3. The lowest BCUT2D eigenvalue weighted by atomic mass is 9.94. The quantitative estimate of drug-likeness (QED) is 0.266. The fourth-order valence-corrected chi connectivity index (χ4v) is 6.96. The first-order valence-corrected chi connectivity index (χ1v) is 19.4. The molecule has 1 N–H and O–H groups in total. The van der Waals surface area contributed by atoms with E-state index in [0.29, 0.717) is 49.4 Å². The molecule has 0 radical (unpaired) electrons. The molecule has 1 aliphatic carbocycles. The predicted molar refractivity (Wildman–Crippen MR) is 196 cm³/mol. The average Bonchev–Trinajstić information content (AvgIpc) is 3.66. The van der Waals surface area contributed by atoms with Crippen LogP contribution in [0.15, 0.2) is 18.2 Å². The summed E-state index contributed by atoms with van der Waals surface area (Å²) in [5.41, 5.74) is 0.794. The summed E-state index contributed by atoms with van der Waals surface area (Å²) in [7, 11) is 0. The van der Waals surface area contributed by atoms with E-state index in [2.05, 4.69) is 25.2 Å². The Hall–Kier alpha value is -3.68. The number of Topliss-reactive ketones (excluding diaryl/α,β-unsaturated/α-hetero) is 1. The zero-order valence-corrected chi connectivity index (χ0v) is 31.7. The number of nitrogens with zero attached hydrogens (tertiary/aromatic N) is 5. The molecule has 3 aliphatic rings. The molecule has 294 valence electrons. The van der Waals surface area contributed by atoms with Crippen LogP contribution in [0.4, 0.5) is 23.9 Å². The van der Waals surface area contributed by atoms with E-state index >= 15 is 0 Å². The summed E-state index contributed by atoms with van der Waals surface area (Å²) in [6, 6.07) is 4.95. The van der Waals surface area contributed by atoms with Crippen LogP contribution in [0.1, 0.15) is 126 Å². The number of hydrogen-bond donors (Lipinski definition) is 1. The number of rotatable bonds is 8. The van der Waals surface area contributed by atoms with E-state index in [4.69, 9.17) is 14.2 Å². The van der Waals surface area contributed by atoms with Crippen molar-refractivity contribution in [3.8, 4) is 11.8 Å². The van der Waals surface area contributed by atoms with Crippen molar-refractivity contribution in [1.29, 1.82) is 0 Å². The summed E-state index contributed by atoms with van der Waals surface area (Å²) >= 11 is 0. The first-order valence-electron chi connectivity index (χ1n) is 19.4. The highest BCUT2D eigenvalue weighted by Crippen LogP contribution is 2.50. The molecule has 14 heteroatoms. The molecule has 5 rings (SSSR count). The van der Waals surface area contributed by atoms with E-state index in [1.54, 1.807) is 17.0 Å². The Morgan fingerprint density at radius 2 is 1.60 bits per heavy atom. The van der Waals surface area contributed by atoms with Crippen LogP contribution >= 0.6 is 0 Å². The van der Waals surface area contributed by atoms with Crippen LogP contribution in [0.2, 0.25) is 0 Å². The normalized spacial score (nSPS) is 19.3. The van der Waals surface area contributed by atoms with E-state index in [-0.39, 0.29) is 42.1 Å². The topological polar surface area (TPSA) is 119 Å². The summed E-state index contributed by atoms with van der Waals surface area (Å²) < 4.78 is 56.0. The number of benzene rings is 1. The molecule has 1 aromatic carbocycles. The van der Waals surface area contributed by atoms with Gasteiger partial charge in [0.05, 0.1) is 12.2 Å². The predicted octanol–water partition coefficient (Wildman–Crippen LogP) is 8.01. The van der Waals surface area contributed by atoms with E-state index in [9.17, 15) is 22.8 Å². The molecule has 1 saturated carbocycles. The highest BCUT2D eigenvalue weighted by Gasteiger charge is 2.44. The number of ketones is 1. The molecule has 1 amide bonds. The van der Waals surface area contributed by atoms with Crippen molar-refractivity contribution in [2.45, 2.75) is 122 Å². The number of likely N-dealkylation sites (tertiary alicyclic amines) is 1. The molecule has 0 atom stereocenters. The van der Waals surface area contributed by atoms with E-state index in [1.807, 2.05) is 26.8 Å². The minimum absolute atomic E-state index is 0.00892. The molecule has 4 bridgehead atoms. The molecule has 53 heavy (non-hydrogen) atoms. The molecule has 2 aromatic rings. The number of aromatic nitrogens is 3. The average molecular weight is 747 g/mol. The lowest BCUT2D eigenvalue weighted by Gasteiger charge is -2.27. The molecule has 1 aromatic heterocycles. The van der Waals surface area contributed by atoms with Crippen LogP contribution in [-0.2, 0) is 11.2 Å². The van der Waals surface area contributed by atoms with Gasteiger partial charge in [-0.2, -0.15) is 28.1 Å². The molecular weight excluding hydrogens is 689 g/mol. The Bertz CT molecular complexity index is 1510. The van der Waals surface area contributed by atoms with Gasteiger partial charge in [0.25, 0.3) is 0 Å². The third-order valence-electron chi connectivity index (χ3n) is 9.95. The van der Waals surface area contributed by atoms with Gasteiger partial charge in [-0.15, -0.1) is 0 Å². The Kier molecular flexibility index (Phi) is 14.2. The van der Waals surface area contributed by atoms with Crippen LogP contribution in [0.3, 0.4) is 0 Å². The number of anilines is 1. The number of carbonyl (C=O) groups excluding carboxylic acids is 2. The van der Waals surface area contributed by atoms with Gasteiger partial charge >= 0.3 is 18.3 Å². The Morgan fingerprint density at radius 3 is 2.32 bits per heavy atom. The van der Waals surface area contributed by atoms with Gasteiger partial charge < -0.3 is 29.3 Å². The maximum absolute atomic E-state index is 13.8. The number of ether oxygens (including phenoxy) is 3. The summed E-state index contributed by atoms with van der Waals surface area (Å²) in [5, 5.41) is 3.12. The Labute approximate surface area is 311 Å². The van der Waals surface area contributed by atoms with Gasteiger partial charge in [-0.3, -0.25) is 4.79 Å². The zero-order valence-electron chi connectivity index (χ0n) is 31.7. The van der Waals surface area contributed by atoms with Crippen LogP contribution in [0, 0.1) is 5.41 Å². The second-order valence-corrected chi connectivity index (χ2v) is 15.9. The molecule has 2 fully saturated rings. The molecule has 3 heterocycles. The van der Waals surface area contributed by atoms with Gasteiger partial charge in [0.2, 0.25) is 5.95 Å². The number of nitrogens with one attached hydrogen (secondary N) is 1. The minimum Gasteiger partial charge on any atom is -0.493 e. The van der Waals surface area contributed by atoms with E-state index in [0.717, 1.165) is 77.4 Å². The van der Waals surface area contributed by atoms with E-state index < -0.39 is 24.4 Å². The Balaban J connectivity index is 1.35. The molecule has 0 unspecified atom stereocenters. The smallest absolute Gasteiger partial charge is 0.422 e. The summed E-state index contributed by atoms with van der Waals surface area (Å²) in [4.78, 5) is 43.9. The number of amides is 1. The fourth-order valence-electron chi connectivity index (χ4n) is 6.96. The van der Waals surface area contributed by atoms with Crippen molar-refractivity contribution < 1.29 is 37.0 Å². The highest BCUT2D eigenvalue weighted by molar-refractivity contribution is 5.98. The second-order valence-electron chi connectivity index (χ2n) is 15.9. The first kappa shape index (κ1) is 40.5. The summed E-state index contributed by atoms with van der Waals surface area (Å²) in [5.74, 6) is 0.801. The van der Waals surface area contributed by atoms with Crippen molar-refractivity contribution in [1.82, 2.24) is 24.8 Å². The Morgan fingerprint density at radius 1 is 0.906 bits per heavy atom. The van der Waals surface area contributed by atoms with Crippen molar-refractivity contribution in [2.75, 3.05) is 57.8 Å². The number of hydrogen-bond acceptors (Lipinski definition) is 10. The number of fused-ring (bicyclic) bond motifs is 4. The third-order valence-corrected chi connectivity index (χ3v) is 9.95. The lowest BCUT2D eigenvalue weighted by Crippen LogP contribution is -2.38. The third kappa shape index (κ3) is 13.9. The standard InChI is InChI=1S/C39H57F3N6O5/c1-37(2,3)53-36(50)48-22-9-7-5-4-6-8-19-43-34-44-33(45-35(46-34)52-28-39(40,41)42)26-29-13-14-30(32(25-29)51-24-12-23-48)31(49)15-16-38(17-18-38)27-47-20-10-11-21-47/h13-14,25H,4-12,15-24,26-28H2,1-3H3,(H,43,44,45,46). The van der Waals surface area contributed by atoms with Gasteiger partial charge in [-0.25, -0.2) is 4.79 Å². The number of alkyl halides is 3. The van der Waals surface area contributed by atoms with Crippen LogP contribution < -0.4 is 14.8 Å². The van der Waals surface area contributed by atoms with Crippen LogP contribution in [0.25, 0.3) is 0 Å². The van der Waals surface area contributed by atoms with Crippen molar-refractivity contribution in [3.05, 3.63) is 35.2 Å². The number of halogens is 3. The van der Waals surface area contributed by atoms with E-state index in [1.165, 1.54) is 12.8 Å². The van der Waals surface area contributed by atoms with Gasteiger partial charge in [-0.05, 0) is 108 Å². The maximum Gasteiger partial charge on any atom is 0.422 e. The van der Waals surface area contributed by atoms with Gasteiger partial charge in [-0.1, -0.05) is 31.7 Å². The monoisotopic (exact) mass is 746 g/mol. The maximum atomic E-state index is 13.8. The van der Waals surface area contributed by atoms with Crippen LogP contribution in [0.5, 0.6) is 11.8 Å². The van der Waals surface area contributed by atoms with Crippen molar-refractivity contribution in [2.24, 2.45) is 5.41 Å². The second kappa shape index (κ2) is 18.6. The zero-order chi connectivity index (χ0) is 37.9. The van der Waals surface area contributed by atoms with Gasteiger partial charge in [0, 0.05) is 39.0 Å². The summed E-state index contributed by atoms with van der Waals surface area (Å²) in [6.07, 6.45) is 7.35. The minimum atomic E-state index is -4.55. The fraction of sp³-hybridized carbons (Fsp3) is 0.718. The molecule has 2 aliphatic heterocycles. The molecule has 0 spiro atoms. The molecule has 1 saturated heterocycles. The van der Waals surface area contributed by atoms with Crippen LogP contribution in [-0.4, -0.2) is 101 Å². The highest BCUT2D eigenvalue weighted by atomic mass is 19.4. The molecule has 11 nitrogen and oxygen atoms in total. The lowest BCUT2D eigenvalue weighted by molar-refractivity contribution is -0.154.